The Labute approximate surface area is 180 Å². The summed E-state index contributed by atoms with van der Waals surface area (Å²) >= 11 is 0. The molecule has 0 aliphatic carbocycles. The highest BCUT2D eigenvalue weighted by Crippen LogP contribution is 2.23. The number of carbonyl (C=O) groups is 2. The second-order valence-corrected chi connectivity index (χ2v) is 8.20. The fourth-order valence-corrected chi connectivity index (χ4v) is 3.76. The van der Waals surface area contributed by atoms with Gasteiger partial charge in [0.25, 0.3) is 0 Å². The molecule has 0 radical (unpaired) electrons. The van der Waals surface area contributed by atoms with Crippen molar-refractivity contribution in [1.29, 1.82) is 0 Å². The van der Waals surface area contributed by atoms with E-state index >= 15 is 0 Å². The average Bonchev–Trinajstić information content (AvgIpc) is 2.71. The van der Waals surface area contributed by atoms with Crippen LogP contribution in [0.3, 0.4) is 0 Å². The predicted octanol–water partition coefficient (Wildman–Crippen LogP) is 2.17. The second kappa shape index (κ2) is 15.6. The number of nitrogens with one attached hydrogen (secondary N) is 1. The molecule has 1 fully saturated rings. The van der Waals surface area contributed by atoms with Gasteiger partial charge in [0.05, 0.1) is 6.61 Å². The Morgan fingerprint density at radius 1 is 0.933 bits per heavy atom. The van der Waals surface area contributed by atoms with Gasteiger partial charge in [0, 0.05) is 13.3 Å². The number of aliphatic hydroxyl groups is 3. The van der Waals surface area contributed by atoms with Gasteiger partial charge in [-0.25, -0.2) is 0 Å². The minimum absolute atomic E-state index is 0.202. The van der Waals surface area contributed by atoms with Crippen molar-refractivity contribution in [1.82, 2.24) is 5.32 Å². The number of unbranched alkanes of at least 4 members (excludes halogenated alkanes) is 10. The normalized spacial score (nSPS) is 26.4. The van der Waals surface area contributed by atoms with E-state index in [-0.39, 0.29) is 6.42 Å². The SMILES string of the molecule is CCCCCCCCCCCCCC(=O)OC1[C@@H](O)C(CO)O[C@H](O)[C@@H]1NC(C)=O. The van der Waals surface area contributed by atoms with Crippen LogP contribution in [-0.4, -0.2) is 64.4 Å². The van der Waals surface area contributed by atoms with E-state index in [0.29, 0.717) is 6.42 Å². The highest BCUT2D eigenvalue weighted by molar-refractivity contribution is 5.73. The Morgan fingerprint density at radius 3 is 1.97 bits per heavy atom. The molecule has 1 saturated heterocycles. The lowest BCUT2D eigenvalue weighted by atomic mass is 9.96. The third-order valence-corrected chi connectivity index (χ3v) is 5.49. The number of ether oxygens (including phenoxy) is 2. The minimum Gasteiger partial charge on any atom is -0.457 e. The molecule has 1 amide bonds. The van der Waals surface area contributed by atoms with Crippen molar-refractivity contribution in [3.63, 3.8) is 0 Å². The minimum atomic E-state index is -1.49. The van der Waals surface area contributed by atoms with Crippen LogP contribution >= 0.6 is 0 Å². The van der Waals surface area contributed by atoms with Gasteiger partial charge in [0.15, 0.2) is 12.4 Å². The van der Waals surface area contributed by atoms with Gasteiger partial charge in [-0.05, 0) is 6.42 Å². The van der Waals surface area contributed by atoms with Crippen LogP contribution in [0.5, 0.6) is 0 Å². The summed E-state index contributed by atoms with van der Waals surface area (Å²) in [5.41, 5.74) is 0. The molecular weight excluding hydrogens is 390 g/mol. The number of aliphatic hydroxyl groups excluding tert-OH is 3. The van der Waals surface area contributed by atoms with Crippen LogP contribution in [0.2, 0.25) is 0 Å². The number of hydrogen-bond donors (Lipinski definition) is 4. The van der Waals surface area contributed by atoms with Crippen molar-refractivity contribution in [2.45, 2.75) is 122 Å². The second-order valence-electron chi connectivity index (χ2n) is 8.20. The van der Waals surface area contributed by atoms with Gasteiger partial charge < -0.3 is 30.1 Å². The molecule has 8 heteroatoms. The van der Waals surface area contributed by atoms with Crippen molar-refractivity contribution < 1.29 is 34.4 Å². The Morgan fingerprint density at radius 2 is 1.47 bits per heavy atom. The molecule has 0 saturated carbocycles. The largest absolute Gasteiger partial charge is 0.457 e. The summed E-state index contributed by atoms with van der Waals surface area (Å²) in [5.74, 6) is -0.958. The molecule has 0 aromatic carbocycles. The van der Waals surface area contributed by atoms with Crippen molar-refractivity contribution in [2.24, 2.45) is 0 Å². The molecule has 2 unspecified atom stereocenters. The Bertz CT molecular complexity index is 488. The first kappa shape index (κ1) is 26.8. The molecule has 0 aromatic rings. The molecule has 1 aliphatic rings. The van der Waals surface area contributed by atoms with Crippen LogP contribution in [0.1, 0.15) is 90.9 Å². The first-order chi connectivity index (χ1) is 14.4. The molecule has 30 heavy (non-hydrogen) atoms. The maximum Gasteiger partial charge on any atom is 0.306 e. The van der Waals surface area contributed by atoms with Crippen LogP contribution in [0.25, 0.3) is 0 Å². The summed E-state index contributed by atoms with van der Waals surface area (Å²) in [4.78, 5) is 23.6. The molecule has 0 aromatic heterocycles. The van der Waals surface area contributed by atoms with Crippen molar-refractivity contribution in [2.75, 3.05) is 6.61 Å². The highest BCUT2D eigenvalue weighted by atomic mass is 16.6. The molecule has 0 spiro atoms. The number of esters is 1. The van der Waals surface area contributed by atoms with Crippen molar-refractivity contribution >= 4 is 11.9 Å². The summed E-state index contributed by atoms with van der Waals surface area (Å²) in [6, 6.07) is -1.10. The molecule has 176 valence electrons. The smallest absolute Gasteiger partial charge is 0.306 e. The zero-order valence-electron chi connectivity index (χ0n) is 18.6. The first-order valence-corrected chi connectivity index (χ1v) is 11.5. The Balaban J connectivity index is 2.28. The van der Waals surface area contributed by atoms with Crippen LogP contribution < -0.4 is 5.32 Å². The van der Waals surface area contributed by atoms with Crippen LogP contribution in [0.4, 0.5) is 0 Å². The predicted molar refractivity (Wildman–Crippen MR) is 113 cm³/mol. The van der Waals surface area contributed by atoms with Gasteiger partial charge in [-0.1, -0.05) is 71.1 Å². The number of rotatable bonds is 15. The first-order valence-electron chi connectivity index (χ1n) is 11.5. The fourth-order valence-electron chi connectivity index (χ4n) is 3.76. The molecule has 5 atom stereocenters. The summed E-state index contributed by atoms with van der Waals surface area (Å²) in [5, 5.41) is 32.1. The lowest BCUT2D eigenvalue weighted by Crippen LogP contribution is -2.65. The van der Waals surface area contributed by atoms with Gasteiger partial charge in [0.1, 0.15) is 18.2 Å². The third kappa shape index (κ3) is 10.2. The quantitative estimate of drug-likeness (QED) is 0.231. The van der Waals surface area contributed by atoms with Crippen LogP contribution in [0, 0.1) is 0 Å². The molecule has 4 N–H and O–H groups in total. The molecule has 0 bridgehead atoms. The van der Waals surface area contributed by atoms with E-state index in [1.165, 1.54) is 51.9 Å². The van der Waals surface area contributed by atoms with Gasteiger partial charge >= 0.3 is 5.97 Å². The standard InChI is InChI=1S/C22H41NO7/c1-3-4-5-6-7-8-9-10-11-12-13-14-18(26)30-21-19(23-16(2)25)22(28)29-17(15-24)20(21)27/h17,19-22,24,27-28H,3-15H2,1-2H3,(H,23,25)/t17?,19-,20+,21?,22+/m1/s1. The third-order valence-electron chi connectivity index (χ3n) is 5.49. The Kier molecular flexibility index (Phi) is 13.9. The van der Waals surface area contributed by atoms with E-state index in [2.05, 4.69) is 12.2 Å². The zero-order valence-corrected chi connectivity index (χ0v) is 18.6. The molecular formula is C22H41NO7. The van der Waals surface area contributed by atoms with E-state index in [1.807, 2.05) is 0 Å². The summed E-state index contributed by atoms with van der Waals surface area (Å²) in [6.07, 6.45) is 7.98. The van der Waals surface area contributed by atoms with E-state index in [0.717, 1.165) is 19.3 Å². The van der Waals surface area contributed by atoms with Crippen LogP contribution in [-0.2, 0) is 19.1 Å². The number of carbonyl (C=O) groups excluding carboxylic acids is 2. The van der Waals surface area contributed by atoms with E-state index in [1.54, 1.807) is 0 Å². The van der Waals surface area contributed by atoms with Crippen molar-refractivity contribution in [3.05, 3.63) is 0 Å². The van der Waals surface area contributed by atoms with Gasteiger partial charge in [-0.3, -0.25) is 9.59 Å². The van der Waals surface area contributed by atoms with Gasteiger partial charge in [-0.2, -0.15) is 0 Å². The van der Waals surface area contributed by atoms with Gasteiger partial charge in [0.2, 0.25) is 5.91 Å². The van der Waals surface area contributed by atoms with E-state index in [4.69, 9.17) is 9.47 Å². The number of hydrogen-bond acceptors (Lipinski definition) is 7. The summed E-state index contributed by atoms with van der Waals surface area (Å²) in [7, 11) is 0. The fraction of sp³-hybridized carbons (Fsp3) is 0.909. The molecule has 1 aliphatic heterocycles. The van der Waals surface area contributed by atoms with Gasteiger partial charge in [-0.15, -0.1) is 0 Å². The van der Waals surface area contributed by atoms with Crippen molar-refractivity contribution in [3.8, 4) is 0 Å². The van der Waals surface area contributed by atoms with E-state index in [9.17, 15) is 24.9 Å². The molecule has 8 nitrogen and oxygen atoms in total. The number of amides is 1. The van der Waals surface area contributed by atoms with Crippen LogP contribution in [0.15, 0.2) is 0 Å². The monoisotopic (exact) mass is 431 g/mol. The maximum atomic E-state index is 12.2. The zero-order chi connectivity index (χ0) is 22.4. The maximum absolute atomic E-state index is 12.2. The lowest BCUT2D eigenvalue weighted by Gasteiger charge is -2.41. The highest BCUT2D eigenvalue weighted by Gasteiger charge is 2.47. The molecule has 1 heterocycles. The average molecular weight is 432 g/mol. The topological polar surface area (TPSA) is 125 Å². The summed E-state index contributed by atoms with van der Waals surface area (Å²) < 4.78 is 10.5. The lowest BCUT2D eigenvalue weighted by molar-refractivity contribution is -0.258. The molecule has 1 rings (SSSR count). The van der Waals surface area contributed by atoms with E-state index < -0.39 is 49.1 Å². The summed E-state index contributed by atoms with van der Waals surface area (Å²) in [6.45, 7) is 2.93. The Hall–Kier alpha value is -1.22.